The predicted molar refractivity (Wildman–Crippen MR) is 135 cm³/mol. The van der Waals surface area contributed by atoms with Crippen LogP contribution in [0.15, 0.2) is 136 Å². The highest BCUT2D eigenvalue weighted by Gasteiger charge is 2.65. The van der Waals surface area contributed by atoms with Crippen LogP contribution in [0.2, 0.25) is 0 Å². The first-order valence-corrected chi connectivity index (χ1v) is 13.6. The Balaban J connectivity index is 0.000000211. The van der Waals surface area contributed by atoms with Crippen LogP contribution in [-0.4, -0.2) is 30.5 Å². The molecule has 0 aliphatic carbocycles. The number of ether oxygens (including phenoxy) is 1. The lowest BCUT2D eigenvalue weighted by molar-refractivity contribution is -0.239. The Morgan fingerprint density at radius 3 is 1.21 bits per heavy atom. The summed E-state index contributed by atoms with van der Waals surface area (Å²) in [7, 11) is -6.30. The third-order valence-electron chi connectivity index (χ3n) is 4.88. The molecule has 200 valence electrons. The van der Waals surface area contributed by atoms with Crippen molar-refractivity contribution in [3.05, 3.63) is 121 Å². The van der Waals surface area contributed by atoms with Gasteiger partial charge in [-0.05, 0) is 48.5 Å². The molecule has 0 radical (unpaired) electrons. The van der Waals surface area contributed by atoms with Crippen LogP contribution in [0, 0.1) is 0 Å². The maximum absolute atomic E-state index is 13.1. The fourth-order valence-corrected chi connectivity index (χ4v) is 5.73. The maximum atomic E-state index is 13.1. The van der Waals surface area contributed by atoms with Crippen molar-refractivity contribution >= 4 is 21.0 Å². The molecule has 1 unspecified atom stereocenters. The molecule has 0 bridgehead atoms. The molecule has 0 spiro atoms. The summed E-state index contributed by atoms with van der Waals surface area (Å²) >= 11 is 0. The summed E-state index contributed by atoms with van der Waals surface area (Å²) in [6.07, 6.45) is -9.72. The van der Waals surface area contributed by atoms with E-state index in [2.05, 4.69) is 95.7 Å². The van der Waals surface area contributed by atoms with E-state index in [1.165, 1.54) is 32.9 Å². The lowest BCUT2D eigenvalue weighted by Crippen LogP contribution is -2.53. The molecule has 0 saturated heterocycles. The Bertz CT molecular complexity index is 1280. The second-order valence-electron chi connectivity index (χ2n) is 7.63. The smallest absolute Gasteiger partial charge is 0.432 e. The van der Waals surface area contributed by atoms with Crippen molar-refractivity contribution in [3.8, 4) is 5.75 Å². The monoisotopic (exact) mass is 569 g/mol. The number of para-hydroxylation sites is 1. The summed E-state index contributed by atoms with van der Waals surface area (Å²) in [6.45, 7) is 0. The second-order valence-corrected chi connectivity index (χ2v) is 11.2. The van der Waals surface area contributed by atoms with Gasteiger partial charge in [0.1, 0.15) is 5.75 Å². The number of rotatable bonds is 7. The SMILES string of the molecule is O=S(=O)(O)C(F)(F)C(Oc1ccccc1)C(F)(F)F.c1ccc([S+](c2ccccc2)c2ccccc2)cc1. The van der Waals surface area contributed by atoms with E-state index in [1.54, 1.807) is 0 Å². The molecule has 11 heteroatoms. The molecular weight excluding hydrogens is 547 g/mol. The topological polar surface area (TPSA) is 63.6 Å². The molecule has 4 aromatic rings. The van der Waals surface area contributed by atoms with E-state index in [-0.39, 0.29) is 10.9 Å². The number of hydrogen-bond acceptors (Lipinski definition) is 3. The molecule has 4 rings (SSSR count). The molecule has 1 atom stereocenters. The first-order chi connectivity index (χ1) is 17.9. The lowest BCUT2D eigenvalue weighted by atomic mass is 10.3. The molecule has 4 nitrogen and oxygen atoms in total. The first kappa shape index (κ1) is 29.2. The van der Waals surface area contributed by atoms with E-state index in [4.69, 9.17) is 4.55 Å². The van der Waals surface area contributed by atoms with Gasteiger partial charge < -0.3 is 4.74 Å². The van der Waals surface area contributed by atoms with Crippen LogP contribution in [0.25, 0.3) is 0 Å². The van der Waals surface area contributed by atoms with Crippen molar-refractivity contribution in [2.75, 3.05) is 0 Å². The summed E-state index contributed by atoms with van der Waals surface area (Å²) in [5, 5.41) is -5.53. The molecule has 0 saturated carbocycles. The standard InChI is InChI=1S/C18H15S.C9H7F5O4S/c1-4-10-16(11-5-1)19(17-12-6-2-7-13-17)18-14-8-3-9-15-18;10-8(11,12)7(9(13,14)19(15,16)17)18-6-4-2-1-3-5-6/h1-15H;1-5,7H,(H,15,16,17)/q+1;. The molecular formula is C27H22F5O4S2+. The van der Waals surface area contributed by atoms with E-state index in [0.29, 0.717) is 0 Å². The predicted octanol–water partition coefficient (Wildman–Crippen LogP) is 7.26. The molecule has 1 N–H and O–H groups in total. The highest BCUT2D eigenvalue weighted by molar-refractivity contribution is 7.97. The Kier molecular flexibility index (Phi) is 9.53. The van der Waals surface area contributed by atoms with Crippen LogP contribution in [0.4, 0.5) is 22.0 Å². The van der Waals surface area contributed by atoms with Crippen LogP contribution >= 0.6 is 0 Å². The molecule has 0 aliphatic rings. The highest BCUT2D eigenvalue weighted by Crippen LogP contribution is 2.38. The van der Waals surface area contributed by atoms with Gasteiger partial charge in [-0.3, -0.25) is 4.55 Å². The van der Waals surface area contributed by atoms with Gasteiger partial charge in [-0.1, -0.05) is 72.8 Å². The van der Waals surface area contributed by atoms with E-state index >= 15 is 0 Å². The summed E-state index contributed by atoms with van der Waals surface area (Å²) < 4.78 is 96.4. The van der Waals surface area contributed by atoms with E-state index < -0.39 is 33.4 Å². The third kappa shape index (κ3) is 7.56. The molecule has 4 aromatic carbocycles. The number of alkyl halides is 5. The molecule has 0 heterocycles. The van der Waals surface area contributed by atoms with Crippen molar-refractivity contribution in [1.82, 2.24) is 0 Å². The van der Waals surface area contributed by atoms with Crippen molar-refractivity contribution < 1.29 is 39.7 Å². The lowest BCUT2D eigenvalue weighted by Gasteiger charge is -2.26. The fourth-order valence-electron chi connectivity index (χ4n) is 3.17. The zero-order valence-electron chi connectivity index (χ0n) is 19.5. The Labute approximate surface area is 219 Å². The van der Waals surface area contributed by atoms with Gasteiger partial charge in [-0.25, -0.2) is 0 Å². The van der Waals surface area contributed by atoms with Gasteiger partial charge >= 0.3 is 21.5 Å². The van der Waals surface area contributed by atoms with Crippen LogP contribution in [0.1, 0.15) is 0 Å². The minimum absolute atomic E-state index is 0.0146. The fraction of sp³-hybridized carbons (Fsp3) is 0.111. The third-order valence-corrected chi connectivity index (χ3v) is 8.01. The summed E-state index contributed by atoms with van der Waals surface area (Å²) in [5.74, 6) is -0.617. The first-order valence-electron chi connectivity index (χ1n) is 10.9. The van der Waals surface area contributed by atoms with Gasteiger partial charge in [0, 0.05) is 0 Å². The van der Waals surface area contributed by atoms with Crippen molar-refractivity contribution in [3.63, 3.8) is 0 Å². The quantitative estimate of drug-likeness (QED) is 0.145. The average molecular weight is 570 g/mol. The molecule has 38 heavy (non-hydrogen) atoms. The van der Waals surface area contributed by atoms with Gasteiger partial charge in [-0.15, -0.1) is 0 Å². The summed E-state index contributed by atoms with van der Waals surface area (Å²) in [6, 6.07) is 37.8. The van der Waals surface area contributed by atoms with Gasteiger partial charge in [0.05, 0.1) is 10.9 Å². The summed E-state index contributed by atoms with van der Waals surface area (Å²) in [5.41, 5.74) is 0. The van der Waals surface area contributed by atoms with Crippen LogP contribution < -0.4 is 4.74 Å². The Morgan fingerprint density at radius 2 is 0.921 bits per heavy atom. The zero-order chi connectivity index (χ0) is 27.8. The van der Waals surface area contributed by atoms with Crippen LogP contribution in [-0.2, 0) is 21.0 Å². The second kappa shape index (κ2) is 12.4. The number of benzene rings is 4. The zero-order valence-corrected chi connectivity index (χ0v) is 21.1. The average Bonchev–Trinajstić information content (AvgIpc) is 2.89. The van der Waals surface area contributed by atoms with Crippen LogP contribution in [0.5, 0.6) is 5.75 Å². The molecule has 0 aliphatic heterocycles. The van der Waals surface area contributed by atoms with Crippen molar-refractivity contribution in [2.24, 2.45) is 0 Å². The van der Waals surface area contributed by atoms with E-state index in [9.17, 15) is 30.4 Å². The Hall–Kier alpha value is -3.41. The largest absolute Gasteiger partial charge is 0.473 e. The van der Waals surface area contributed by atoms with Gasteiger partial charge in [0.25, 0.3) is 6.10 Å². The van der Waals surface area contributed by atoms with E-state index in [0.717, 1.165) is 12.1 Å². The minimum atomic E-state index is -6.28. The molecule has 0 fully saturated rings. The van der Waals surface area contributed by atoms with E-state index in [1.807, 2.05) is 0 Å². The normalized spacial score (nSPS) is 12.8. The van der Waals surface area contributed by atoms with Crippen LogP contribution in [0.3, 0.4) is 0 Å². The summed E-state index contributed by atoms with van der Waals surface area (Å²) in [4.78, 5) is 4.08. The minimum Gasteiger partial charge on any atom is -0.473 e. The van der Waals surface area contributed by atoms with Crippen molar-refractivity contribution in [1.29, 1.82) is 0 Å². The highest BCUT2D eigenvalue weighted by atomic mass is 32.2. The van der Waals surface area contributed by atoms with Crippen molar-refractivity contribution in [2.45, 2.75) is 32.2 Å². The maximum Gasteiger partial charge on any atom is 0.432 e. The van der Waals surface area contributed by atoms with Gasteiger partial charge in [-0.2, -0.15) is 30.4 Å². The molecule has 0 amide bonds. The van der Waals surface area contributed by atoms with Gasteiger partial charge in [0.15, 0.2) is 14.7 Å². The Morgan fingerprint density at radius 1 is 0.605 bits per heavy atom. The van der Waals surface area contributed by atoms with Gasteiger partial charge in [0.2, 0.25) is 0 Å². The number of hydrogen-bond donors (Lipinski definition) is 1. The number of halogens is 5. The molecule has 0 aromatic heterocycles.